The Morgan fingerprint density at radius 3 is 2.83 bits per heavy atom. The van der Waals surface area contributed by atoms with E-state index in [4.69, 9.17) is 14.5 Å². The van der Waals surface area contributed by atoms with Gasteiger partial charge in [-0.1, -0.05) is 6.07 Å². The molecule has 1 fully saturated rings. The van der Waals surface area contributed by atoms with Crippen LogP contribution in [0.25, 0.3) is 0 Å². The fraction of sp³-hybridized carbons (Fsp3) is 0.647. The molecule has 2 rings (SSSR count). The molecule has 1 aromatic rings. The zero-order chi connectivity index (χ0) is 16.4. The van der Waals surface area contributed by atoms with Crippen LogP contribution in [0.4, 0.5) is 0 Å². The van der Waals surface area contributed by atoms with Crippen LogP contribution in [-0.2, 0) is 15.9 Å². The monoisotopic (exact) mass is 320 g/mol. The van der Waals surface area contributed by atoms with Crippen LogP contribution in [0, 0.1) is 0 Å². The first-order valence-corrected chi connectivity index (χ1v) is 8.33. The molecule has 6 nitrogen and oxygen atoms in total. The minimum atomic E-state index is -0.193. The zero-order valence-electron chi connectivity index (χ0n) is 14.2. The van der Waals surface area contributed by atoms with Crippen LogP contribution in [0.15, 0.2) is 29.4 Å². The highest BCUT2D eigenvalue weighted by molar-refractivity contribution is 5.79. The maximum Gasteiger partial charge on any atom is 0.191 e. The molecule has 0 radical (unpaired) electrons. The molecule has 0 atom stereocenters. The van der Waals surface area contributed by atoms with Crippen molar-refractivity contribution in [3.63, 3.8) is 0 Å². The van der Waals surface area contributed by atoms with Gasteiger partial charge in [0.05, 0.1) is 12.1 Å². The Labute approximate surface area is 138 Å². The highest BCUT2D eigenvalue weighted by atomic mass is 16.5. The van der Waals surface area contributed by atoms with Crippen molar-refractivity contribution in [3.8, 4) is 0 Å². The van der Waals surface area contributed by atoms with E-state index in [1.165, 1.54) is 0 Å². The second-order valence-corrected chi connectivity index (χ2v) is 5.69. The molecular weight excluding hydrogens is 292 g/mol. The highest BCUT2D eigenvalue weighted by Gasteiger charge is 2.32. The van der Waals surface area contributed by atoms with Gasteiger partial charge in [0.2, 0.25) is 0 Å². The Morgan fingerprint density at radius 1 is 1.35 bits per heavy atom. The molecule has 0 aliphatic carbocycles. The van der Waals surface area contributed by atoms with Gasteiger partial charge >= 0.3 is 0 Å². The average Bonchev–Trinajstić information content (AvgIpc) is 2.61. The van der Waals surface area contributed by atoms with Crippen LogP contribution in [0.5, 0.6) is 0 Å². The van der Waals surface area contributed by atoms with E-state index in [9.17, 15) is 0 Å². The number of ether oxygens (including phenoxy) is 2. The van der Waals surface area contributed by atoms with Crippen LogP contribution in [-0.4, -0.2) is 56.5 Å². The SMILES string of the molecule is CCNC(=NCC1(OC)CCOCC1)NCCc1ccccn1. The molecule has 1 saturated heterocycles. The van der Waals surface area contributed by atoms with Crippen LogP contribution in [0.2, 0.25) is 0 Å². The Bertz CT molecular complexity index is 473. The number of nitrogens with one attached hydrogen (secondary N) is 2. The van der Waals surface area contributed by atoms with Gasteiger partial charge in [-0.15, -0.1) is 0 Å². The maximum atomic E-state index is 5.73. The molecule has 0 unspecified atom stereocenters. The average molecular weight is 320 g/mol. The topological polar surface area (TPSA) is 67.8 Å². The smallest absolute Gasteiger partial charge is 0.191 e. The molecule has 1 aliphatic rings. The third-order valence-corrected chi connectivity index (χ3v) is 4.11. The van der Waals surface area contributed by atoms with Crippen LogP contribution in [0.3, 0.4) is 0 Å². The van der Waals surface area contributed by atoms with E-state index in [1.54, 1.807) is 7.11 Å². The molecule has 2 N–H and O–H groups in total. The van der Waals surface area contributed by atoms with Crippen molar-refractivity contribution in [1.29, 1.82) is 0 Å². The lowest BCUT2D eigenvalue weighted by Gasteiger charge is -2.34. The van der Waals surface area contributed by atoms with E-state index < -0.39 is 0 Å². The van der Waals surface area contributed by atoms with Gasteiger partial charge in [-0.2, -0.15) is 0 Å². The van der Waals surface area contributed by atoms with Gasteiger partial charge in [0, 0.05) is 64.6 Å². The molecule has 0 bridgehead atoms. The molecule has 1 aromatic heterocycles. The number of rotatable bonds is 7. The third kappa shape index (κ3) is 5.80. The van der Waals surface area contributed by atoms with Gasteiger partial charge in [-0.05, 0) is 19.1 Å². The van der Waals surface area contributed by atoms with Crippen molar-refractivity contribution in [3.05, 3.63) is 30.1 Å². The van der Waals surface area contributed by atoms with Crippen molar-refractivity contribution >= 4 is 5.96 Å². The van der Waals surface area contributed by atoms with Crippen LogP contribution in [0.1, 0.15) is 25.5 Å². The summed E-state index contributed by atoms with van der Waals surface area (Å²) in [6, 6.07) is 5.98. The fourth-order valence-electron chi connectivity index (χ4n) is 2.59. The predicted octanol–water partition coefficient (Wildman–Crippen LogP) is 1.37. The lowest BCUT2D eigenvalue weighted by molar-refractivity contribution is -0.0828. The predicted molar refractivity (Wildman–Crippen MR) is 91.7 cm³/mol. The fourth-order valence-corrected chi connectivity index (χ4v) is 2.59. The summed E-state index contributed by atoms with van der Waals surface area (Å²) in [5.74, 6) is 0.825. The third-order valence-electron chi connectivity index (χ3n) is 4.11. The maximum absolute atomic E-state index is 5.73. The molecule has 6 heteroatoms. The number of hydrogen-bond acceptors (Lipinski definition) is 4. The standard InChI is InChI=1S/C17H28N4O2/c1-3-18-16(20-11-7-15-6-4-5-10-19-15)21-14-17(22-2)8-12-23-13-9-17/h4-6,10H,3,7-9,11-14H2,1-2H3,(H2,18,20,21). The number of aromatic nitrogens is 1. The summed E-state index contributed by atoms with van der Waals surface area (Å²) in [6.45, 7) is 5.83. The summed E-state index contributed by atoms with van der Waals surface area (Å²) >= 11 is 0. The lowest BCUT2D eigenvalue weighted by Crippen LogP contribution is -2.44. The van der Waals surface area contributed by atoms with Crippen molar-refractivity contribution in [2.45, 2.75) is 31.8 Å². The van der Waals surface area contributed by atoms with Gasteiger partial charge in [0.1, 0.15) is 0 Å². The number of aliphatic imine (C=N–C) groups is 1. The molecule has 23 heavy (non-hydrogen) atoms. The summed E-state index contributed by atoms with van der Waals surface area (Å²) in [6.07, 6.45) is 4.47. The van der Waals surface area contributed by atoms with E-state index in [2.05, 4.69) is 22.5 Å². The van der Waals surface area contributed by atoms with Gasteiger partial charge in [0.25, 0.3) is 0 Å². The molecule has 2 heterocycles. The van der Waals surface area contributed by atoms with E-state index in [0.717, 1.165) is 57.2 Å². The largest absolute Gasteiger partial charge is 0.381 e. The number of nitrogens with zero attached hydrogens (tertiary/aromatic N) is 2. The lowest BCUT2D eigenvalue weighted by atomic mass is 9.94. The second kappa shape index (κ2) is 9.47. The van der Waals surface area contributed by atoms with Gasteiger partial charge in [-0.3, -0.25) is 9.98 Å². The first kappa shape index (κ1) is 17.7. The quantitative estimate of drug-likeness (QED) is 0.587. The van der Waals surface area contributed by atoms with E-state index in [-0.39, 0.29) is 5.60 Å². The zero-order valence-corrected chi connectivity index (χ0v) is 14.2. The minimum Gasteiger partial charge on any atom is -0.381 e. The highest BCUT2D eigenvalue weighted by Crippen LogP contribution is 2.24. The van der Waals surface area contributed by atoms with Gasteiger partial charge in [0.15, 0.2) is 5.96 Å². The molecule has 0 saturated carbocycles. The minimum absolute atomic E-state index is 0.193. The van der Waals surface area contributed by atoms with Gasteiger partial charge in [-0.25, -0.2) is 0 Å². The number of guanidine groups is 1. The van der Waals surface area contributed by atoms with Crippen molar-refractivity contribution in [2.24, 2.45) is 4.99 Å². The summed E-state index contributed by atoms with van der Waals surface area (Å²) in [4.78, 5) is 9.04. The van der Waals surface area contributed by atoms with Crippen molar-refractivity contribution < 1.29 is 9.47 Å². The molecule has 0 amide bonds. The Hall–Kier alpha value is -1.66. The molecule has 0 aromatic carbocycles. The Morgan fingerprint density at radius 2 is 2.17 bits per heavy atom. The van der Waals surface area contributed by atoms with Gasteiger partial charge < -0.3 is 20.1 Å². The Kier molecular flexibility index (Phi) is 7.29. The molecule has 0 spiro atoms. The first-order chi connectivity index (χ1) is 11.3. The van der Waals surface area contributed by atoms with Crippen LogP contribution >= 0.6 is 0 Å². The summed E-state index contributed by atoms with van der Waals surface area (Å²) in [5, 5.41) is 6.64. The molecule has 1 aliphatic heterocycles. The number of pyridine rings is 1. The molecule has 128 valence electrons. The summed E-state index contributed by atoms with van der Waals surface area (Å²) < 4.78 is 11.2. The van der Waals surface area contributed by atoms with Crippen LogP contribution < -0.4 is 10.6 Å². The van der Waals surface area contributed by atoms with Crippen molar-refractivity contribution in [2.75, 3.05) is 40.0 Å². The molecular formula is C17H28N4O2. The first-order valence-electron chi connectivity index (χ1n) is 8.33. The van der Waals surface area contributed by atoms with E-state index >= 15 is 0 Å². The van der Waals surface area contributed by atoms with Crippen molar-refractivity contribution in [1.82, 2.24) is 15.6 Å². The summed E-state index contributed by atoms with van der Waals surface area (Å²) in [5.41, 5.74) is 0.885. The summed E-state index contributed by atoms with van der Waals surface area (Å²) in [7, 11) is 1.77. The number of hydrogen-bond donors (Lipinski definition) is 2. The second-order valence-electron chi connectivity index (χ2n) is 5.69. The normalized spacial score (nSPS) is 17.7. The Balaban J connectivity index is 1.86. The van der Waals surface area contributed by atoms with E-state index in [1.807, 2.05) is 24.4 Å². The number of methoxy groups -OCH3 is 1. The van der Waals surface area contributed by atoms with E-state index in [0.29, 0.717) is 6.54 Å².